The van der Waals surface area contributed by atoms with E-state index in [1.165, 1.54) is 6.20 Å². The zero-order valence-corrected chi connectivity index (χ0v) is 13.0. The predicted molar refractivity (Wildman–Crippen MR) is 81.1 cm³/mol. The number of ether oxygens (including phenoxy) is 1. The zero-order chi connectivity index (χ0) is 13.7. The van der Waals surface area contributed by atoms with Crippen LogP contribution in [0.2, 0.25) is 0 Å². The highest BCUT2D eigenvalue weighted by molar-refractivity contribution is 7.92. The number of aromatic nitrogens is 1. The van der Waals surface area contributed by atoms with E-state index in [1.54, 1.807) is 19.1 Å². The molecule has 1 saturated heterocycles. The minimum atomic E-state index is -3.25. The van der Waals surface area contributed by atoms with Gasteiger partial charge < -0.3 is 10.1 Å². The SMILES string of the molecule is CCS(=O)(=O)Nc1ccc(OC2CCNCC2)nc1.Cl. The summed E-state index contributed by atoms with van der Waals surface area (Å²) in [6.07, 6.45) is 3.59. The normalized spacial score (nSPS) is 16.2. The van der Waals surface area contributed by atoms with Gasteiger partial charge in [0.05, 0.1) is 17.6 Å². The molecule has 20 heavy (non-hydrogen) atoms. The number of hydrogen-bond acceptors (Lipinski definition) is 5. The summed E-state index contributed by atoms with van der Waals surface area (Å²) < 4.78 is 31.0. The van der Waals surface area contributed by atoms with Gasteiger partial charge in [0, 0.05) is 6.07 Å². The van der Waals surface area contributed by atoms with Crippen molar-refractivity contribution in [2.24, 2.45) is 0 Å². The average molecular weight is 322 g/mol. The topological polar surface area (TPSA) is 80.3 Å². The third kappa shape index (κ3) is 5.15. The van der Waals surface area contributed by atoms with Gasteiger partial charge in [0.25, 0.3) is 0 Å². The van der Waals surface area contributed by atoms with Crippen LogP contribution in [0.15, 0.2) is 18.3 Å². The second-order valence-electron chi connectivity index (χ2n) is 4.46. The Bertz CT molecular complexity index is 501. The summed E-state index contributed by atoms with van der Waals surface area (Å²) in [4.78, 5) is 4.12. The Labute approximate surface area is 125 Å². The summed E-state index contributed by atoms with van der Waals surface area (Å²) in [7, 11) is -3.25. The van der Waals surface area contributed by atoms with Crippen molar-refractivity contribution in [3.05, 3.63) is 18.3 Å². The standard InChI is InChI=1S/C12H19N3O3S.ClH/c1-2-19(16,17)15-10-3-4-12(14-9-10)18-11-5-7-13-8-6-11;/h3-4,9,11,13,15H,2,5-8H2,1H3;1H. The highest BCUT2D eigenvalue weighted by atomic mass is 35.5. The molecule has 6 nitrogen and oxygen atoms in total. The summed E-state index contributed by atoms with van der Waals surface area (Å²) in [6, 6.07) is 3.35. The molecule has 8 heteroatoms. The summed E-state index contributed by atoms with van der Waals surface area (Å²) >= 11 is 0. The van der Waals surface area contributed by atoms with E-state index < -0.39 is 10.0 Å². The van der Waals surface area contributed by atoms with Crippen molar-refractivity contribution in [2.45, 2.75) is 25.9 Å². The Morgan fingerprint density at radius 2 is 2.10 bits per heavy atom. The largest absolute Gasteiger partial charge is 0.474 e. The first-order chi connectivity index (χ1) is 9.09. The van der Waals surface area contributed by atoms with Gasteiger partial charge in [0.15, 0.2) is 0 Å². The van der Waals surface area contributed by atoms with Crippen molar-refractivity contribution < 1.29 is 13.2 Å². The second-order valence-corrected chi connectivity index (χ2v) is 6.47. The summed E-state index contributed by atoms with van der Waals surface area (Å²) in [5, 5.41) is 3.26. The summed E-state index contributed by atoms with van der Waals surface area (Å²) in [5.41, 5.74) is 0.458. The number of nitrogens with one attached hydrogen (secondary N) is 2. The first-order valence-corrected chi connectivity index (χ1v) is 8.08. The fraction of sp³-hybridized carbons (Fsp3) is 0.583. The average Bonchev–Trinajstić information content (AvgIpc) is 2.42. The van der Waals surface area contributed by atoms with Crippen molar-refractivity contribution in [3.8, 4) is 5.88 Å². The van der Waals surface area contributed by atoms with E-state index in [9.17, 15) is 8.42 Å². The molecule has 1 aliphatic rings. The molecule has 1 fully saturated rings. The molecule has 114 valence electrons. The monoisotopic (exact) mass is 321 g/mol. The number of sulfonamides is 1. The van der Waals surface area contributed by atoms with Crippen molar-refractivity contribution in [1.82, 2.24) is 10.3 Å². The maximum Gasteiger partial charge on any atom is 0.232 e. The third-order valence-electron chi connectivity index (χ3n) is 2.96. The van der Waals surface area contributed by atoms with Gasteiger partial charge in [-0.2, -0.15) is 0 Å². The van der Waals surface area contributed by atoms with Gasteiger partial charge in [-0.1, -0.05) is 0 Å². The van der Waals surface area contributed by atoms with Crippen molar-refractivity contribution in [3.63, 3.8) is 0 Å². The van der Waals surface area contributed by atoms with Crippen LogP contribution in [-0.2, 0) is 10.0 Å². The molecule has 0 amide bonds. The van der Waals surface area contributed by atoms with Crippen LogP contribution in [0.4, 0.5) is 5.69 Å². The van der Waals surface area contributed by atoms with Crippen LogP contribution in [0.1, 0.15) is 19.8 Å². The number of rotatable bonds is 5. The minimum absolute atomic E-state index is 0. The Balaban J connectivity index is 0.00000200. The predicted octanol–water partition coefficient (Wildman–Crippen LogP) is 1.40. The molecule has 0 bridgehead atoms. The molecule has 0 aliphatic carbocycles. The molecule has 2 rings (SSSR count). The Morgan fingerprint density at radius 3 is 2.65 bits per heavy atom. The van der Waals surface area contributed by atoms with Gasteiger partial charge in [0.2, 0.25) is 15.9 Å². The van der Waals surface area contributed by atoms with Crippen molar-refractivity contribution in [1.29, 1.82) is 0 Å². The Kier molecular flexibility index (Phi) is 6.51. The van der Waals surface area contributed by atoms with Crippen LogP contribution in [0.5, 0.6) is 5.88 Å². The Morgan fingerprint density at radius 1 is 1.40 bits per heavy atom. The molecule has 0 saturated carbocycles. The number of anilines is 1. The molecule has 1 aliphatic heterocycles. The van der Waals surface area contributed by atoms with Gasteiger partial charge >= 0.3 is 0 Å². The molecule has 1 aromatic rings. The minimum Gasteiger partial charge on any atom is -0.474 e. The maximum absolute atomic E-state index is 11.4. The molecule has 1 aromatic heterocycles. The van der Waals surface area contributed by atoms with E-state index in [4.69, 9.17) is 4.74 Å². The van der Waals surface area contributed by atoms with E-state index in [0.29, 0.717) is 11.6 Å². The lowest BCUT2D eigenvalue weighted by Crippen LogP contribution is -2.34. The van der Waals surface area contributed by atoms with Crippen LogP contribution in [0, 0.1) is 0 Å². The van der Waals surface area contributed by atoms with Crippen LogP contribution in [0.25, 0.3) is 0 Å². The molecule has 0 aromatic carbocycles. The lowest BCUT2D eigenvalue weighted by molar-refractivity contribution is 0.156. The highest BCUT2D eigenvalue weighted by Gasteiger charge is 2.15. The van der Waals surface area contributed by atoms with Crippen molar-refractivity contribution >= 4 is 28.1 Å². The van der Waals surface area contributed by atoms with Crippen molar-refractivity contribution in [2.75, 3.05) is 23.6 Å². The van der Waals surface area contributed by atoms with E-state index in [0.717, 1.165) is 25.9 Å². The fourth-order valence-corrected chi connectivity index (χ4v) is 2.47. The van der Waals surface area contributed by atoms with Gasteiger partial charge in [-0.05, 0) is 38.9 Å². The van der Waals surface area contributed by atoms with Crippen LogP contribution in [0.3, 0.4) is 0 Å². The lowest BCUT2D eigenvalue weighted by Gasteiger charge is -2.23. The molecule has 2 heterocycles. The molecule has 0 radical (unpaired) electrons. The van der Waals surface area contributed by atoms with Gasteiger partial charge in [-0.25, -0.2) is 13.4 Å². The third-order valence-corrected chi connectivity index (χ3v) is 4.27. The van der Waals surface area contributed by atoms with Crippen LogP contribution in [-0.4, -0.2) is 38.3 Å². The number of piperidine rings is 1. The highest BCUT2D eigenvalue weighted by Crippen LogP contribution is 2.17. The second kappa shape index (κ2) is 7.66. The quantitative estimate of drug-likeness (QED) is 0.856. The molecular weight excluding hydrogens is 302 g/mol. The Hall–Kier alpha value is -1.05. The van der Waals surface area contributed by atoms with Gasteiger partial charge in [-0.15, -0.1) is 12.4 Å². The number of pyridine rings is 1. The number of nitrogens with zero attached hydrogens (tertiary/aromatic N) is 1. The molecule has 0 spiro atoms. The van der Waals surface area contributed by atoms with Crippen LogP contribution < -0.4 is 14.8 Å². The smallest absolute Gasteiger partial charge is 0.232 e. The van der Waals surface area contributed by atoms with Gasteiger partial charge in [-0.3, -0.25) is 4.72 Å². The first kappa shape index (κ1) is 17.0. The number of halogens is 1. The number of hydrogen-bond donors (Lipinski definition) is 2. The molecule has 0 unspecified atom stereocenters. The summed E-state index contributed by atoms with van der Waals surface area (Å²) in [6.45, 7) is 3.50. The fourth-order valence-electron chi connectivity index (χ4n) is 1.85. The van der Waals surface area contributed by atoms with E-state index in [-0.39, 0.29) is 24.3 Å². The van der Waals surface area contributed by atoms with E-state index in [1.807, 2.05) is 0 Å². The maximum atomic E-state index is 11.4. The van der Waals surface area contributed by atoms with E-state index >= 15 is 0 Å². The molecular formula is C12H20ClN3O3S. The first-order valence-electron chi connectivity index (χ1n) is 6.43. The molecule has 0 atom stereocenters. The lowest BCUT2D eigenvalue weighted by atomic mass is 10.1. The van der Waals surface area contributed by atoms with E-state index in [2.05, 4.69) is 15.0 Å². The zero-order valence-electron chi connectivity index (χ0n) is 11.3. The van der Waals surface area contributed by atoms with Gasteiger partial charge in [0.1, 0.15) is 6.10 Å². The summed E-state index contributed by atoms with van der Waals surface area (Å²) in [5.74, 6) is 0.576. The van der Waals surface area contributed by atoms with Crippen LogP contribution >= 0.6 is 12.4 Å². The molecule has 2 N–H and O–H groups in total.